The maximum absolute atomic E-state index is 13.0. The summed E-state index contributed by atoms with van der Waals surface area (Å²) in [4.78, 5) is 39.3. The average Bonchev–Trinajstić information content (AvgIpc) is 3.05. The van der Waals surface area contributed by atoms with Gasteiger partial charge < -0.3 is 15.4 Å². The van der Waals surface area contributed by atoms with Crippen LogP contribution in [0.25, 0.3) is 0 Å². The van der Waals surface area contributed by atoms with Crippen LogP contribution in [0.3, 0.4) is 0 Å². The van der Waals surface area contributed by atoms with Crippen molar-refractivity contribution in [3.8, 4) is 5.75 Å². The molecule has 0 bridgehead atoms. The van der Waals surface area contributed by atoms with Gasteiger partial charge in [-0.15, -0.1) is 0 Å². The fourth-order valence-electron chi connectivity index (χ4n) is 3.62. The Bertz CT molecular complexity index is 1330. The molecular weight excluding hydrogens is 466 g/mol. The number of imide groups is 1. The molecule has 0 atom stereocenters. The van der Waals surface area contributed by atoms with Gasteiger partial charge >= 0.3 is 0 Å². The molecule has 1 aliphatic heterocycles. The maximum Gasteiger partial charge on any atom is 0.283 e. The van der Waals surface area contributed by atoms with Gasteiger partial charge in [0.2, 0.25) is 0 Å². The van der Waals surface area contributed by atoms with Crippen molar-refractivity contribution in [2.24, 2.45) is 0 Å². The number of hydrogen-bond donors (Lipinski definition) is 2. The van der Waals surface area contributed by atoms with Crippen LogP contribution in [0.2, 0.25) is 0 Å². The van der Waals surface area contributed by atoms with Gasteiger partial charge in [-0.25, -0.2) is 4.90 Å². The molecule has 1 aliphatic rings. The molecule has 3 aromatic carbocycles. The second-order valence-corrected chi connectivity index (χ2v) is 8.41. The Labute approximate surface area is 208 Å². The molecule has 4 rings (SSSR count). The number of nitrogens with one attached hydrogen (secondary N) is 2. The van der Waals surface area contributed by atoms with Crippen LogP contribution in [0, 0.1) is 13.8 Å². The fraction of sp³-hybridized carbons (Fsp3) is 0.148. The molecule has 2 N–H and O–H groups in total. The molecule has 7 nitrogen and oxygen atoms in total. The molecule has 0 fully saturated rings. The molecule has 0 spiro atoms. The summed E-state index contributed by atoms with van der Waals surface area (Å²) in [6, 6.07) is 19.0. The van der Waals surface area contributed by atoms with Gasteiger partial charge in [0.05, 0.1) is 12.3 Å². The number of carbonyl (C=O) groups is 3. The Morgan fingerprint density at radius 1 is 0.943 bits per heavy atom. The van der Waals surface area contributed by atoms with Gasteiger partial charge in [0.1, 0.15) is 16.5 Å². The van der Waals surface area contributed by atoms with Crippen molar-refractivity contribution >= 4 is 46.4 Å². The van der Waals surface area contributed by atoms with Crippen molar-refractivity contribution in [1.29, 1.82) is 0 Å². The van der Waals surface area contributed by atoms with Crippen molar-refractivity contribution in [3.05, 3.63) is 94.1 Å². The first-order valence-electron chi connectivity index (χ1n) is 11.1. The molecule has 0 saturated carbocycles. The van der Waals surface area contributed by atoms with Crippen LogP contribution in [-0.2, 0) is 9.59 Å². The van der Waals surface area contributed by atoms with Gasteiger partial charge in [0, 0.05) is 16.9 Å². The lowest BCUT2D eigenvalue weighted by molar-refractivity contribution is -0.120. The summed E-state index contributed by atoms with van der Waals surface area (Å²) in [7, 11) is 0. The number of amides is 3. The summed E-state index contributed by atoms with van der Waals surface area (Å²) in [6.45, 7) is 6.26. The molecule has 3 aromatic rings. The lowest BCUT2D eigenvalue weighted by Gasteiger charge is -2.15. The predicted octanol–water partition coefficient (Wildman–Crippen LogP) is 5.39. The Morgan fingerprint density at radius 3 is 2.29 bits per heavy atom. The highest BCUT2D eigenvalue weighted by molar-refractivity contribution is 6.53. The molecule has 0 aromatic heterocycles. The van der Waals surface area contributed by atoms with E-state index >= 15 is 0 Å². The highest BCUT2D eigenvalue weighted by Gasteiger charge is 2.39. The van der Waals surface area contributed by atoms with E-state index in [2.05, 4.69) is 10.6 Å². The topological polar surface area (TPSA) is 87.7 Å². The smallest absolute Gasteiger partial charge is 0.283 e. The summed E-state index contributed by atoms with van der Waals surface area (Å²) in [5.74, 6) is -0.806. The van der Waals surface area contributed by atoms with E-state index < -0.39 is 11.8 Å². The van der Waals surface area contributed by atoms with E-state index in [0.717, 1.165) is 21.7 Å². The largest absolute Gasteiger partial charge is 0.494 e. The highest BCUT2D eigenvalue weighted by Crippen LogP contribution is 2.31. The van der Waals surface area contributed by atoms with E-state index in [-0.39, 0.29) is 16.6 Å². The SMILES string of the molecule is CCOc1ccc(N2C(=O)C(Cl)=C(Nc3ccc(C(=O)Nc4cc(C)ccc4C)cc3)C2=O)cc1. The zero-order chi connectivity index (χ0) is 25.1. The predicted molar refractivity (Wildman–Crippen MR) is 137 cm³/mol. The number of benzene rings is 3. The van der Waals surface area contributed by atoms with E-state index in [1.807, 2.05) is 39.0 Å². The van der Waals surface area contributed by atoms with Crippen molar-refractivity contribution in [2.45, 2.75) is 20.8 Å². The molecule has 1 heterocycles. The summed E-state index contributed by atoms with van der Waals surface area (Å²) in [6.07, 6.45) is 0. The number of ether oxygens (including phenoxy) is 1. The average molecular weight is 490 g/mol. The van der Waals surface area contributed by atoms with Gasteiger partial charge in [-0.1, -0.05) is 23.7 Å². The first kappa shape index (κ1) is 24.0. The van der Waals surface area contributed by atoms with Crippen LogP contribution in [0.5, 0.6) is 5.75 Å². The lowest BCUT2D eigenvalue weighted by Crippen LogP contribution is -2.32. The van der Waals surface area contributed by atoms with Crippen molar-refractivity contribution in [3.63, 3.8) is 0 Å². The Hall–Kier alpha value is -4.10. The first-order valence-corrected chi connectivity index (χ1v) is 11.4. The number of rotatable bonds is 7. The van der Waals surface area contributed by atoms with Crippen LogP contribution >= 0.6 is 11.6 Å². The summed E-state index contributed by atoms with van der Waals surface area (Å²) in [5, 5.41) is 5.62. The van der Waals surface area contributed by atoms with Gasteiger partial charge in [0.15, 0.2) is 0 Å². The van der Waals surface area contributed by atoms with E-state index in [1.165, 1.54) is 0 Å². The third-order valence-electron chi connectivity index (χ3n) is 5.49. The number of anilines is 3. The Morgan fingerprint density at radius 2 is 1.63 bits per heavy atom. The standard InChI is InChI=1S/C27H24ClN3O4/c1-4-35-21-13-11-20(12-14-21)31-26(33)23(28)24(27(31)34)29-19-9-7-18(8-10-19)25(32)30-22-15-16(2)5-6-17(22)3/h5-15,29H,4H2,1-3H3,(H,30,32). The quantitative estimate of drug-likeness (QED) is 0.434. The zero-order valence-electron chi connectivity index (χ0n) is 19.5. The van der Waals surface area contributed by atoms with E-state index in [1.54, 1.807) is 48.5 Å². The number of aryl methyl sites for hydroxylation is 2. The molecule has 0 radical (unpaired) electrons. The fourth-order valence-corrected chi connectivity index (χ4v) is 3.83. The van der Waals surface area contributed by atoms with Crippen molar-refractivity contribution in [2.75, 3.05) is 22.1 Å². The normalized spacial score (nSPS) is 13.3. The summed E-state index contributed by atoms with van der Waals surface area (Å²) < 4.78 is 5.40. The zero-order valence-corrected chi connectivity index (χ0v) is 20.3. The van der Waals surface area contributed by atoms with Crippen LogP contribution in [0.1, 0.15) is 28.4 Å². The highest BCUT2D eigenvalue weighted by atomic mass is 35.5. The van der Waals surface area contributed by atoms with Gasteiger partial charge in [0.25, 0.3) is 17.7 Å². The van der Waals surface area contributed by atoms with E-state index in [0.29, 0.717) is 29.3 Å². The molecule has 3 amide bonds. The minimum absolute atomic E-state index is 0.0295. The van der Waals surface area contributed by atoms with Crippen molar-refractivity contribution in [1.82, 2.24) is 0 Å². The Balaban J connectivity index is 1.47. The molecule has 0 saturated heterocycles. The third kappa shape index (κ3) is 5.05. The molecule has 178 valence electrons. The van der Waals surface area contributed by atoms with Gasteiger partial charge in [-0.2, -0.15) is 0 Å². The van der Waals surface area contributed by atoms with Gasteiger partial charge in [-0.3, -0.25) is 14.4 Å². The van der Waals surface area contributed by atoms with Crippen LogP contribution in [0.4, 0.5) is 17.1 Å². The minimum Gasteiger partial charge on any atom is -0.494 e. The molecule has 8 heteroatoms. The Kier molecular flexibility index (Phi) is 6.89. The van der Waals surface area contributed by atoms with Crippen LogP contribution < -0.4 is 20.3 Å². The van der Waals surface area contributed by atoms with E-state index in [4.69, 9.17) is 16.3 Å². The summed E-state index contributed by atoms with van der Waals surface area (Å²) in [5.41, 5.74) is 4.07. The molecule has 35 heavy (non-hydrogen) atoms. The number of carbonyl (C=O) groups excluding carboxylic acids is 3. The number of nitrogens with zero attached hydrogens (tertiary/aromatic N) is 1. The summed E-state index contributed by atoms with van der Waals surface area (Å²) >= 11 is 6.21. The van der Waals surface area contributed by atoms with Crippen molar-refractivity contribution < 1.29 is 19.1 Å². The number of hydrogen-bond acceptors (Lipinski definition) is 5. The molecular formula is C27H24ClN3O4. The van der Waals surface area contributed by atoms with Crippen LogP contribution in [0.15, 0.2) is 77.5 Å². The molecule has 0 unspecified atom stereocenters. The van der Waals surface area contributed by atoms with Crippen LogP contribution in [-0.4, -0.2) is 24.3 Å². The minimum atomic E-state index is -0.618. The second kappa shape index (κ2) is 10.0. The second-order valence-electron chi connectivity index (χ2n) is 8.04. The molecule has 0 aliphatic carbocycles. The monoisotopic (exact) mass is 489 g/mol. The first-order chi connectivity index (χ1) is 16.8. The lowest BCUT2D eigenvalue weighted by atomic mass is 10.1. The van der Waals surface area contributed by atoms with E-state index in [9.17, 15) is 14.4 Å². The third-order valence-corrected chi connectivity index (χ3v) is 5.84. The number of halogens is 1. The van der Waals surface area contributed by atoms with Gasteiger partial charge in [-0.05, 0) is 86.5 Å². The maximum atomic E-state index is 13.0.